The zero-order chi connectivity index (χ0) is 13.8. The maximum atomic E-state index is 12.4. The molecule has 5 heteroatoms. The van der Waals surface area contributed by atoms with Crippen LogP contribution in [0, 0.1) is 0 Å². The van der Waals surface area contributed by atoms with E-state index in [9.17, 15) is 4.79 Å². The van der Waals surface area contributed by atoms with E-state index in [-0.39, 0.29) is 12.0 Å². The summed E-state index contributed by atoms with van der Waals surface area (Å²) in [7, 11) is 0. The van der Waals surface area contributed by atoms with Gasteiger partial charge in [-0.05, 0) is 31.9 Å². The van der Waals surface area contributed by atoms with E-state index in [1.165, 1.54) is 0 Å². The molecule has 0 aliphatic carbocycles. The van der Waals surface area contributed by atoms with E-state index in [1.54, 1.807) is 23.1 Å². The Kier molecular flexibility index (Phi) is 4.66. The Labute approximate surface area is 118 Å². The lowest BCUT2D eigenvalue weighted by atomic mass is 10.1. The molecule has 1 aromatic carbocycles. The van der Waals surface area contributed by atoms with Crippen LogP contribution < -0.4 is 5.73 Å². The molecule has 104 valence electrons. The van der Waals surface area contributed by atoms with E-state index in [2.05, 4.69) is 0 Å². The minimum absolute atomic E-state index is 0.0851. The highest BCUT2D eigenvalue weighted by Gasteiger charge is 2.26. The summed E-state index contributed by atoms with van der Waals surface area (Å²) in [6.07, 6.45) is 1.99. The van der Waals surface area contributed by atoms with Crippen molar-refractivity contribution >= 4 is 23.2 Å². The number of carbonyl (C=O) groups is 1. The first kappa shape index (κ1) is 14.2. The topological polar surface area (TPSA) is 55.6 Å². The fraction of sp³-hybridized carbons (Fsp3) is 0.500. The number of ether oxygens (including phenoxy) is 1. The maximum Gasteiger partial charge on any atom is 0.257 e. The van der Waals surface area contributed by atoms with Crippen LogP contribution in [0.3, 0.4) is 0 Å². The van der Waals surface area contributed by atoms with Crippen LogP contribution in [0.4, 0.5) is 5.69 Å². The quantitative estimate of drug-likeness (QED) is 0.867. The van der Waals surface area contributed by atoms with Crippen molar-refractivity contribution in [2.75, 3.05) is 25.4 Å². The first-order chi connectivity index (χ1) is 9.13. The summed E-state index contributed by atoms with van der Waals surface area (Å²) in [5.74, 6) is -0.0851. The minimum Gasteiger partial charge on any atom is -0.398 e. The highest BCUT2D eigenvalue weighted by atomic mass is 35.5. The summed E-state index contributed by atoms with van der Waals surface area (Å²) < 4.78 is 5.58. The Balaban J connectivity index is 2.05. The molecule has 0 atom stereocenters. The Bertz CT molecular complexity index is 437. The molecule has 1 aliphatic rings. The summed E-state index contributed by atoms with van der Waals surface area (Å²) in [6, 6.07) is 5.14. The molecule has 0 aromatic heterocycles. The van der Waals surface area contributed by atoms with Crippen LogP contribution in [-0.2, 0) is 4.74 Å². The first-order valence-electron chi connectivity index (χ1n) is 6.58. The van der Waals surface area contributed by atoms with Crippen LogP contribution in [0.15, 0.2) is 18.2 Å². The number of anilines is 1. The zero-order valence-corrected chi connectivity index (χ0v) is 11.8. The van der Waals surface area contributed by atoms with Crippen molar-refractivity contribution < 1.29 is 9.53 Å². The van der Waals surface area contributed by atoms with Gasteiger partial charge >= 0.3 is 0 Å². The summed E-state index contributed by atoms with van der Waals surface area (Å²) in [6.45, 7) is 4.08. The van der Waals surface area contributed by atoms with Crippen molar-refractivity contribution in [3.63, 3.8) is 0 Å². The maximum absolute atomic E-state index is 12.4. The fourth-order valence-corrected chi connectivity index (χ4v) is 2.65. The Hall–Kier alpha value is -1.26. The number of carbonyl (C=O) groups excluding carboxylic acids is 1. The Morgan fingerprint density at radius 1 is 1.47 bits per heavy atom. The van der Waals surface area contributed by atoms with Gasteiger partial charge in [0.05, 0.1) is 16.7 Å². The van der Waals surface area contributed by atoms with Gasteiger partial charge in [-0.3, -0.25) is 4.79 Å². The normalized spacial score (nSPS) is 16.6. The van der Waals surface area contributed by atoms with E-state index < -0.39 is 0 Å². The number of likely N-dealkylation sites (tertiary alicyclic amines) is 1. The van der Waals surface area contributed by atoms with Crippen molar-refractivity contribution in [3.8, 4) is 0 Å². The molecule has 0 bridgehead atoms. The lowest BCUT2D eigenvalue weighted by molar-refractivity contribution is 0.0146. The number of rotatable bonds is 3. The average molecular weight is 283 g/mol. The standard InChI is InChI=1S/C14H19ClN2O2/c1-2-19-10-6-8-17(9-7-10)14(18)13-11(15)4-3-5-12(13)16/h3-5,10H,2,6-9,16H2,1H3. The number of amides is 1. The zero-order valence-electron chi connectivity index (χ0n) is 11.1. The van der Waals surface area contributed by atoms with Gasteiger partial charge in [-0.1, -0.05) is 17.7 Å². The molecule has 1 heterocycles. The second-order valence-corrected chi connectivity index (χ2v) is 5.06. The summed E-state index contributed by atoms with van der Waals surface area (Å²) in [5, 5.41) is 0.414. The molecule has 19 heavy (non-hydrogen) atoms. The van der Waals surface area contributed by atoms with E-state index in [0.717, 1.165) is 19.4 Å². The van der Waals surface area contributed by atoms with Crippen molar-refractivity contribution in [2.24, 2.45) is 0 Å². The molecule has 1 fully saturated rings. The van der Waals surface area contributed by atoms with Crippen molar-refractivity contribution in [1.82, 2.24) is 4.90 Å². The van der Waals surface area contributed by atoms with Gasteiger partial charge in [-0.2, -0.15) is 0 Å². The molecular weight excluding hydrogens is 264 g/mol. The molecule has 0 unspecified atom stereocenters. The number of piperidine rings is 1. The summed E-state index contributed by atoms with van der Waals surface area (Å²) >= 11 is 6.07. The molecule has 2 N–H and O–H groups in total. The van der Waals surface area contributed by atoms with Gasteiger partial charge in [0.25, 0.3) is 5.91 Å². The fourth-order valence-electron chi connectivity index (χ4n) is 2.39. The number of halogens is 1. The van der Waals surface area contributed by atoms with Gasteiger partial charge in [0, 0.05) is 25.4 Å². The third-order valence-electron chi connectivity index (χ3n) is 3.39. The van der Waals surface area contributed by atoms with Crippen LogP contribution in [0.1, 0.15) is 30.1 Å². The molecule has 4 nitrogen and oxygen atoms in total. The predicted octanol–water partition coefficient (Wildman–Crippen LogP) is 2.56. The number of hydrogen-bond donors (Lipinski definition) is 1. The van der Waals surface area contributed by atoms with E-state index in [1.807, 2.05) is 6.92 Å². The molecule has 1 aromatic rings. The van der Waals surface area contributed by atoms with Gasteiger partial charge in [0.1, 0.15) is 0 Å². The highest BCUT2D eigenvalue weighted by molar-refractivity contribution is 6.34. The van der Waals surface area contributed by atoms with Crippen LogP contribution in [0.2, 0.25) is 5.02 Å². The second kappa shape index (κ2) is 6.26. The Morgan fingerprint density at radius 3 is 2.74 bits per heavy atom. The summed E-state index contributed by atoms with van der Waals surface area (Å²) in [5.41, 5.74) is 6.70. The monoisotopic (exact) mass is 282 g/mol. The van der Waals surface area contributed by atoms with Crippen molar-refractivity contribution in [3.05, 3.63) is 28.8 Å². The molecule has 1 aliphatic heterocycles. The smallest absolute Gasteiger partial charge is 0.257 e. The van der Waals surface area contributed by atoms with Crippen molar-refractivity contribution in [2.45, 2.75) is 25.9 Å². The third kappa shape index (κ3) is 3.19. The van der Waals surface area contributed by atoms with E-state index in [0.29, 0.717) is 29.4 Å². The number of nitrogen functional groups attached to an aromatic ring is 1. The lowest BCUT2D eigenvalue weighted by Gasteiger charge is -2.32. The van der Waals surface area contributed by atoms with Gasteiger partial charge in [-0.15, -0.1) is 0 Å². The van der Waals surface area contributed by atoms with Crippen LogP contribution in [0.5, 0.6) is 0 Å². The molecule has 0 radical (unpaired) electrons. The highest BCUT2D eigenvalue weighted by Crippen LogP contribution is 2.25. The largest absolute Gasteiger partial charge is 0.398 e. The molecule has 1 amide bonds. The third-order valence-corrected chi connectivity index (χ3v) is 3.71. The van der Waals surface area contributed by atoms with Gasteiger partial charge in [-0.25, -0.2) is 0 Å². The predicted molar refractivity (Wildman–Crippen MR) is 76.4 cm³/mol. The van der Waals surface area contributed by atoms with Crippen molar-refractivity contribution in [1.29, 1.82) is 0 Å². The molecular formula is C14H19ClN2O2. The number of hydrogen-bond acceptors (Lipinski definition) is 3. The number of nitrogens with two attached hydrogens (primary N) is 1. The second-order valence-electron chi connectivity index (χ2n) is 4.65. The number of nitrogens with zero attached hydrogens (tertiary/aromatic N) is 1. The lowest BCUT2D eigenvalue weighted by Crippen LogP contribution is -2.41. The van der Waals surface area contributed by atoms with Crippen LogP contribution >= 0.6 is 11.6 Å². The molecule has 0 saturated carbocycles. The van der Waals surface area contributed by atoms with Gasteiger partial charge < -0.3 is 15.4 Å². The van der Waals surface area contributed by atoms with E-state index in [4.69, 9.17) is 22.1 Å². The SMILES string of the molecule is CCOC1CCN(C(=O)c2c(N)cccc2Cl)CC1. The number of benzene rings is 1. The Morgan fingerprint density at radius 2 is 2.16 bits per heavy atom. The van der Waals surface area contributed by atoms with Crippen LogP contribution in [-0.4, -0.2) is 36.6 Å². The van der Waals surface area contributed by atoms with Gasteiger partial charge in [0.15, 0.2) is 0 Å². The molecule has 2 rings (SSSR count). The van der Waals surface area contributed by atoms with Gasteiger partial charge in [0.2, 0.25) is 0 Å². The minimum atomic E-state index is -0.0851. The molecule has 1 saturated heterocycles. The first-order valence-corrected chi connectivity index (χ1v) is 6.96. The molecule has 0 spiro atoms. The van der Waals surface area contributed by atoms with E-state index >= 15 is 0 Å². The summed E-state index contributed by atoms with van der Waals surface area (Å²) in [4.78, 5) is 14.2. The average Bonchev–Trinajstić information content (AvgIpc) is 2.39. The van der Waals surface area contributed by atoms with Crippen LogP contribution in [0.25, 0.3) is 0 Å².